The van der Waals surface area contributed by atoms with Crippen LogP contribution in [0.4, 0.5) is 0 Å². The zero-order chi connectivity index (χ0) is 17.3. The van der Waals surface area contributed by atoms with Crippen molar-refractivity contribution in [2.75, 3.05) is 6.54 Å². The summed E-state index contributed by atoms with van der Waals surface area (Å²) in [5, 5.41) is 12.4. The maximum absolute atomic E-state index is 4.88. The Bertz CT molecular complexity index is 954. The summed E-state index contributed by atoms with van der Waals surface area (Å²) >= 11 is 0. The van der Waals surface area contributed by atoms with Crippen LogP contribution in [0, 0.1) is 5.92 Å². The van der Waals surface area contributed by atoms with E-state index in [0.29, 0.717) is 6.54 Å². The molecule has 1 aliphatic heterocycles. The number of hydrogen-bond acceptors (Lipinski definition) is 4. The van der Waals surface area contributed by atoms with Crippen LogP contribution in [0.3, 0.4) is 0 Å². The smallest absolute Gasteiger partial charge is 0.159 e. The van der Waals surface area contributed by atoms with Crippen molar-refractivity contribution in [1.82, 2.24) is 20.1 Å². The SMILES string of the molecule is c1ccc(C2=NCc3nnc(CNCC4CC4)n3-c3ccccc32)cc1. The van der Waals surface area contributed by atoms with E-state index in [0.717, 1.165) is 53.2 Å². The molecular weight excluding hydrogens is 322 g/mol. The lowest BCUT2D eigenvalue weighted by molar-refractivity contribution is 0.611. The van der Waals surface area contributed by atoms with Gasteiger partial charge in [0.1, 0.15) is 6.54 Å². The van der Waals surface area contributed by atoms with Crippen LogP contribution in [0.5, 0.6) is 0 Å². The van der Waals surface area contributed by atoms with Gasteiger partial charge in [0, 0.05) is 11.1 Å². The van der Waals surface area contributed by atoms with E-state index in [1.807, 2.05) is 6.07 Å². The van der Waals surface area contributed by atoms with Crippen LogP contribution in [0.15, 0.2) is 59.6 Å². The van der Waals surface area contributed by atoms with Gasteiger partial charge in [0.2, 0.25) is 0 Å². The summed E-state index contributed by atoms with van der Waals surface area (Å²) in [6.07, 6.45) is 2.70. The minimum absolute atomic E-state index is 0.536. The summed E-state index contributed by atoms with van der Waals surface area (Å²) in [5.41, 5.74) is 4.38. The molecule has 2 heterocycles. The number of hydrogen-bond donors (Lipinski definition) is 1. The Labute approximate surface area is 152 Å². The van der Waals surface area contributed by atoms with Crippen LogP contribution in [-0.2, 0) is 13.1 Å². The molecule has 5 nitrogen and oxygen atoms in total. The lowest BCUT2D eigenvalue weighted by Gasteiger charge is -2.13. The fraction of sp³-hybridized carbons (Fsp3) is 0.286. The molecule has 1 N–H and O–H groups in total. The Morgan fingerprint density at radius 3 is 2.62 bits per heavy atom. The van der Waals surface area contributed by atoms with E-state index in [1.54, 1.807) is 0 Å². The van der Waals surface area contributed by atoms with Gasteiger partial charge in [-0.05, 0) is 31.4 Å². The molecule has 0 bridgehead atoms. The van der Waals surface area contributed by atoms with Crippen molar-refractivity contribution in [3.63, 3.8) is 0 Å². The molecule has 0 amide bonds. The van der Waals surface area contributed by atoms with Crippen molar-refractivity contribution < 1.29 is 0 Å². The van der Waals surface area contributed by atoms with Crippen molar-refractivity contribution in [3.05, 3.63) is 77.4 Å². The number of aliphatic imine (C=N–C) groups is 1. The summed E-state index contributed by atoms with van der Waals surface area (Å²) in [6, 6.07) is 18.8. The molecule has 1 fully saturated rings. The molecule has 1 aromatic heterocycles. The number of benzene rings is 2. The average Bonchev–Trinajstić information content (AvgIpc) is 3.45. The largest absolute Gasteiger partial charge is 0.310 e. The minimum atomic E-state index is 0.536. The normalized spacial score (nSPS) is 15.8. The van der Waals surface area contributed by atoms with Crippen molar-refractivity contribution in [3.8, 4) is 5.69 Å². The third-order valence-corrected chi connectivity index (χ3v) is 5.04. The highest BCUT2D eigenvalue weighted by atomic mass is 15.3. The summed E-state index contributed by atoms with van der Waals surface area (Å²) in [5.74, 6) is 2.70. The van der Waals surface area contributed by atoms with Crippen LogP contribution in [0.2, 0.25) is 0 Å². The quantitative estimate of drug-likeness (QED) is 0.774. The zero-order valence-electron chi connectivity index (χ0n) is 14.6. The first-order chi connectivity index (χ1) is 12.9. The number of para-hydroxylation sites is 1. The van der Waals surface area contributed by atoms with Gasteiger partial charge in [-0.2, -0.15) is 0 Å². The maximum Gasteiger partial charge on any atom is 0.159 e. The molecule has 1 aliphatic carbocycles. The molecular formula is C21H21N5. The summed E-state index contributed by atoms with van der Waals surface area (Å²) in [6.45, 7) is 2.34. The molecule has 5 heteroatoms. The topological polar surface area (TPSA) is 55.1 Å². The molecule has 0 saturated heterocycles. The van der Waals surface area contributed by atoms with E-state index in [-0.39, 0.29) is 0 Å². The zero-order valence-corrected chi connectivity index (χ0v) is 14.6. The van der Waals surface area contributed by atoms with Crippen molar-refractivity contribution in [1.29, 1.82) is 0 Å². The Hall–Kier alpha value is -2.79. The fourth-order valence-corrected chi connectivity index (χ4v) is 3.51. The first-order valence-electron chi connectivity index (χ1n) is 9.23. The molecule has 0 atom stereocenters. The average molecular weight is 343 g/mol. The molecule has 2 aliphatic rings. The van der Waals surface area contributed by atoms with Crippen molar-refractivity contribution in [2.45, 2.75) is 25.9 Å². The maximum atomic E-state index is 4.88. The van der Waals surface area contributed by atoms with E-state index >= 15 is 0 Å². The molecule has 0 unspecified atom stereocenters. The Morgan fingerprint density at radius 1 is 0.962 bits per heavy atom. The predicted molar refractivity (Wildman–Crippen MR) is 102 cm³/mol. The highest BCUT2D eigenvalue weighted by Crippen LogP contribution is 2.28. The van der Waals surface area contributed by atoms with E-state index in [4.69, 9.17) is 4.99 Å². The number of nitrogens with one attached hydrogen (secondary N) is 1. The second kappa shape index (κ2) is 6.50. The fourth-order valence-electron chi connectivity index (χ4n) is 3.51. The van der Waals surface area contributed by atoms with Gasteiger partial charge in [-0.25, -0.2) is 0 Å². The minimum Gasteiger partial charge on any atom is -0.310 e. The van der Waals surface area contributed by atoms with E-state index in [2.05, 4.69) is 68.6 Å². The Kier molecular flexibility index (Phi) is 3.87. The van der Waals surface area contributed by atoms with E-state index in [1.165, 1.54) is 12.8 Å². The van der Waals surface area contributed by atoms with Gasteiger partial charge in [0.25, 0.3) is 0 Å². The van der Waals surface area contributed by atoms with Gasteiger partial charge in [0.15, 0.2) is 11.6 Å². The van der Waals surface area contributed by atoms with E-state index in [9.17, 15) is 0 Å². The molecule has 2 aromatic carbocycles. The van der Waals surface area contributed by atoms with Crippen LogP contribution in [0.1, 0.15) is 35.6 Å². The summed E-state index contributed by atoms with van der Waals surface area (Å²) in [7, 11) is 0. The van der Waals surface area contributed by atoms with Crippen LogP contribution >= 0.6 is 0 Å². The van der Waals surface area contributed by atoms with Crippen LogP contribution in [0.25, 0.3) is 5.69 Å². The second-order valence-corrected chi connectivity index (χ2v) is 6.99. The molecule has 0 radical (unpaired) electrons. The molecule has 26 heavy (non-hydrogen) atoms. The summed E-state index contributed by atoms with van der Waals surface area (Å²) < 4.78 is 2.18. The molecule has 130 valence electrons. The monoisotopic (exact) mass is 343 g/mol. The predicted octanol–water partition coefficient (Wildman–Crippen LogP) is 3.12. The van der Waals surface area contributed by atoms with E-state index < -0.39 is 0 Å². The first kappa shape index (κ1) is 15.5. The van der Waals surface area contributed by atoms with Crippen molar-refractivity contribution in [2.24, 2.45) is 10.9 Å². The highest BCUT2D eigenvalue weighted by Gasteiger charge is 2.24. The van der Waals surface area contributed by atoms with Crippen LogP contribution < -0.4 is 5.32 Å². The third-order valence-electron chi connectivity index (χ3n) is 5.04. The Balaban J connectivity index is 1.55. The summed E-state index contributed by atoms with van der Waals surface area (Å²) in [4.78, 5) is 4.88. The molecule has 1 saturated carbocycles. The molecule has 5 rings (SSSR count). The van der Waals surface area contributed by atoms with Gasteiger partial charge in [-0.1, -0.05) is 48.5 Å². The Morgan fingerprint density at radius 2 is 1.77 bits per heavy atom. The van der Waals surface area contributed by atoms with Crippen LogP contribution in [-0.4, -0.2) is 27.0 Å². The van der Waals surface area contributed by atoms with Gasteiger partial charge in [-0.15, -0.1) is 10.2 Å². The molecule has 3 aromatic rings. The van der Waals surface area contributed by atoms with Gasteiger partial charge < -0.3 is 5.32 Å². The van der Waals surface area contributed by atoms with Gasteiger partial charge >= 0.3 is 0 Å². The lowest BCUT2D eigenvalue weighted by Crippen LogP contribution is -2.20. The first-order valence-corrected chi connectivity index (χ1v) is 9.23. The van der Waals surface area contributed by atoms with Gasteiger partial charge in [-0.3, -0.25) is 9.56 Å². The molecule has 0 spiro atoms. The van der Waals surface area contributed by atoms with Gasteiger partial charge in [0.05, 0.1) is 17.9 Å². The highest BCUT2D eigenvalue weighted by molar-refractivity contribution is 6.15. The van der Waals surface area contributed by atoms with Crippen molar-refractivity contribution >= 4 is 5.71 Å². The lowest BCUT2D eigenvalue weighted by atomic mass is 10.0. The number of aromatic nitrogens is 3. The second-order valence-electron chi connectivity index (χ2n) is 6.99. The number of fused-ring (bicyclic) bond motifs is 3. The third kappa shape index (κ3) is 2.84. The number of nitrogens with zero attached hydrogens (tertiary/aromatic N) is 4. The number of rotatable bonds is 5. The standard InChI is InChI=1S/C21H21N5/c1-2-6-16(7-3-1)21-17-8-4-5-9-18(17)26-19(13-22-12-15-10-11-15)24-25-20(26)14-23-21/h1-9,15,22H,10-14H2.